The first-order valence-corrected chi connectivity index (χ1v) is 9.79. The van der Waals surface area contributed by atoms with Crippen LogP contribution in [-0.4, -0.2) is 14.9 Å². The fourth-order valence-corrected chi connectivity index (χ4v) is 3.32. The van der Waals surface area contributed by atoms with Gasteiger partial charge in [-0.1, -0.05) is 29.3 Å². The van der Waals surface area contributed by atoms with Crippen LogP contribution in [0.15, 0.2) is 49.2 Å². The molecule has 0 unspecified atom stereocenters. The molecule has 3 rings (SSSR count). The predicted molar refractivity (Wildman–Crippen MR) is 101 cm³/mol. The lowest BCUT2D eigenvalue weighted by molar-refractivity contribution is 0.415. The number of fused-ring (bicyclic) bond motifs is 1. The summed E-state index contributed by atoms with van der Waals surface area (Å²) >= 11 is 4.92. The van der Waals surface area contributed by atoms with E-state index in [0.29, 0.717) is 24.0 Å². The molecule has 0 aliphatic heterocycles. The molecule has 0 N–H and O–H groups in total. The molecule has 0 saturated carbocycles. The first-order valence-electron chi connectivity index (χ1n) is 7.73. The van der Waals surface area contributed by atoms with Gasteiger partial charge in [-0.25, -0.2) is 14.6 Å². The minimum absolute atomic E-state index is 0.326. The fourth-order valence-electron chi connectivity index (χ4n) is 2.05. The summed E-state index contributed by atoms with van der Waals surface area (Å²) < 4.78 is 6.10. The topological polar surface area (TPSA) is 65.1 Å². The van der Waals surface area contributed by atoms with Crippen LogP contribution in [-0.2, 0) is 13.0 Å². The van der Waals surface area contributed by atoms with Crippen LogP contribution in [0.4, 0.5) is 0 Å². The van der Waals surface area contributed by atoms with E-state index >= 15 is 0 Å². The lowest BCUT2D eigenvalue weighted by atomic mass is 10.2. The minimum Gasteiger partial charge on any atom is -0.372 e. The van der Waals surface area contributed by atoms with Gasteiger partial charge in [0, 0.05) is 18.1 Å². The maximum atomic E-state index is 11.8. The normalized spacial score (nSPS) is 10.4. The zero-order chi connectivity index (χ0) is 17.4. The molecule has 0 spiro atoms. The molecule has 0 aliphatic rings. The number of hydrogen-bond acceptors (Lipinski definition) is 5. The molecule has 5 nitrogen and oxygen atoms in total. The van der Waals surface area contributed by atoms with Crippen LogP contribution >= 0.6 is 27.3 Å². The van der Waals surface area contributed by atoms with Crippen LogP contribution in [0.1, 0.15) is 25.3 Å². The predicted octanol–water partition coefficient (Wildman–Crippen LogP) is 3.84. The average Bonchev–Trinajstić information content (AvgIpc) is 3.09. The summed E-state index contributed by atoms with van der Waals surface area (Å²) in [7, 11) is 0. The molecule has 24 heavy (non-hydrogen) atoms. The van der Waals surface area contributed by atoms with Crippen LogP contribution in [0.5, 0.6) is 0 Å². The SMILES string of the molecule is CCCCBr.O=c1oc(=O)n(CCc2ccsc2)c2ncccc12. The molecule has 7 heteroatoms. The minimum atomic E-state index is -0.661. The van der Waals surface area contributed by atoms with Crippen molar-refractivity contribution in [1.29, 1.82) is 0 Å². The van der Waals surface area contributed by atoms with E-state index in [0.717, 1.165) is 10.9 Å². The van der Waals surface area contributed by atoms with Crippen LogP contribution in [0, 0.1) is 0 Å². The van der Waals surface area contributed by atoms with E-state index in [1.54, 1.807) is 29.7 Å². The Morgan fingerprint density at radius 3 is 2.79 bits per heavy atom. The Hall–Kier alpha value is -1.73. The summed E-state index contributed by atoms with van der Waals surface area (Å²) in [6.45, 7) is 2.62. The number of unbranched alkanes of at least 4 members (excludes halogenated alkanes) is 1. The standard InChI is InChI=1S/C13H10N2O3S.C4H9Br/c16-12-10-2-1-5-14-11(10)15(13(17)18-12)6-3-9-4-7-19-8-9;1-2-3-4-5/h1-2,4-5,7-8H,3,6H2;2-4H2,1H3. The van der Waals surface area contributed by atoms with Crippen LogP contribution < -0.4 is 11.4 Å². The van der Waals surface area contributed by atoms with Crippen molar-refractivity contribution >= 4 is 38.3 Å². The second-order valence-corrected chi connectivity index (χ2v) is 6.68. The summed E-state index contributed by atoms with van der Waals surface area (Å²) in [5, 5.41) is 5.50. The highest BCUT2D eigenvalue weighted by Gasteiger charge is 2.09. The summed E-state index contributed by atoms with van der Waals surface area (Å²) in [5.41, 5.74) is 0.881. The lowest BCUT2D eigenvalue weighted by Gasteiger charge is -2.06. The number of halogens is 1. The van der Waals surface area contributed by atoms with Gasteiger partial charge in [-0.15, -0.1) is 0 Å². The van der Waals surface area contributed by atoms with Crippen molar-refractivity contribution in [2.75, 3.05) is 5.33 Å². The Labute approximate surface area is 152 Å². The molecule has 0 aliphatic carbocycles. The second-order valence-electron chi connectivity index (χ2n) is 5.11. The van der Waals surface area contributed by atoms with E-state index in [1.165, 1.54) is 17.4 Å². The largest absolute Gasteiger partial charge is 0.423 e. The highest BCUT2D eigenvalue weighted by Crippen LogP contribution is 2.09. The number of nitrogens with zero attached hydrogens (tertiary/aromatic N) is 2. The van der Waals surface area contributed by atoms with E-state index in [9.17, 15) is 9.59 Å². The molecule has 3 aromatic heterocycles. The number of rotatable bonds is 5. The molecule has 0 saturated heterocycles. The van der Waals surface area contributed by atoms with Crippen molar-refractivity contribution in [3.8, 4) is 0 Å². The number of alkyl halides is 1. The van der Waals surface area contributed by atoms with Gasteiger partial charge in [-0.2, -0.15) is 11.3 Å². The molecule has 0 aromatic carbocycles. The van der Waals surface area contributed by atoms with Crippen LogP contribution in [0.2, 0.25) is 0 Å². The maximum Gasteiger partial charge on any atom is 0.423 e. The average molecular weight is 411 g/mol. The maximum absolute atomic E-state index is 11.8. The number of thiophene rings is 1. The monoisotopic (exact) mass is 410 g/mol. The van der Waals surface area contributed by atoms with E-state index in [1.807, 2.05) is 16.8 Å². The van der Waals surface area contributed by atoms with Gasteiger partial charge in [-0.05, 0) is 47.4 Å². The van der Waals surface area contributed by atoms with Gasteiger partial charge in [0.2, 0.25) is 0 Å². The molecule has 0 atom stereocenters. The smallest absolute Gasteiger partial charge is 0.372 e. The number of pyridine rings is 1. The first kappa shape index (κ1) is 18.6. The zero-order valence-corrected chi connectivity index (χ0v) is 15.8. The van der Waals surface area contributed by atoms with Crippen molar-refractivity contribution in [1.82, 2.24) is 9.55 Å². The van der Waals surface area contributed by atoms with E-state index in [2.05, 4.69) is 27.8 Å². The Balaban J connectivity index is 0.000000368. The van der Waals surface area contributed by atoms with Crippen molar-refractivity contribution in [2.45, 2.75) is 32.7 Å². The molecule has 3 aromatic rings. The molecular weight excluding hydrogens is 392 g/mol. The van der Waals surface area contributed by atoms with Gasteiger partial charge >= 0.3 is 11.4 Å². The molecule has 0 radical (unpaired) electrons. The first-order chi connectivity index (χ1) is 11.7. The number of hydrogen-bond donors (Lipinski definition) is 0. The van der Waals surface area contributed by atoms with Crippen molar-refractivity contribution in [3.63, 3.8) is 0 Å². The van der Waals surface area contributed by atoms with Crippen molar-refractivity contribution in [2.24, 2.45) is 0 Å². The Bertz CT molecular complexity index is 869. The zero-order valence-electron chi connectivity index (χ0n) is 13.4. The molecular formula is C17H19BrN2O3S. The molecule has 128 valence electrons. The van der Waals surface area contributed by atoms with Crippen LogP contribution in [0.3, 0.4) is 0 Å². The molecule has 0 bridgehead atoms. The summed E-state index contributed by atoms with van der Waals surface area (Å²) in [4.78, 5) is 27.4. The summed E-state index contributed by atoms with van der Waals surface area (Å²) in [6.07, 6.45) is 4.86. The number of aryl methyl sites for hydroxylation is 2. The summed E-state index contributed by atoms with van der Waals surface area (Å²) in [6, 6.07) is 5.26. The van der Waals surface area contributed by atoms with Crippen molar-refractivity contribution < 1.29 is 4.42 Å². The fraction of sp³-hybridized carbons (Fsp3) is 0.353. The Kier molecular flexibility index (Phi) is 7.39. The highest BCUT2D eigenvalue weighted by atomic mass is 79.9. The van der Waals surface area contributed by atoms with E-state index in [-0.39, 0.29) is 0 Å². The van der Waals surface area contributed by atoms with Gasteiger partial charge in [0.05, 0.1) is 0 Å². The van der Waals surface area contributed by atoms with E-state index in [4.69, 9.17) is 4.42 Å². The Morgan fingerprint density at radius 1 is 1.33 bits per heavy atom. The highest BCUT2D eigenvalue weighted by molar-refractivity contribution is 9.09. The molecule has 0 amide bonds. The van der Waals surface area contributed by atoms with E-state index < -0.39 is 11.4 Å². The molecule has 3 heterocycles. The van der Waals surface area contributed by atoms with Gasteiger partial charge in [0.25, 0.3) is 0 Å². The number of aromatic nitrogens is 2. The third-order valence-corrected chi connectivity index (χ3v) is 4.65. The molecule has 0 fully saturated rings. The van der Waals surface area contributed by atoms with Gasteiger partial charge < -0.3 is 4.42 Å². The van der Waals surface area contributed by atoms with Gasteiger partial charge in [0.1, 0.15) is 5.39 Å². The summed E-state index contributed by atoms with van der Waals surface area (Å²) in [5.74, 6) is -0.661. The van der Waals surface area contributed by atoms with Crippen LogP contribution in [0.25, 0.3) is 11.0 Å². The second kappa shape index (κ2) is 9.54. The lowest BCUT2D eigenvalue weighted by Crippen LogP contribution is -2.26. The van der Waals surface area contributed by atoms with Gasteiger partial charge in [0.15, 0.2) is 5.65 Å². The van der Waals surface area contributed by atoms with Crippen molar-refractivity contribution in [3.05, 3.63) is 61.7 Å². The quantitative estimate of drug-likeness (QED) is 0.599. The third-order valence-electron chi connectivity index (χ3n) is 3.35. The van der Waals surface area contributed by atoms with Gasteiger partial charge in [-0.3, -0.25) is 4.57 Å². The third kappa shape index (κ3) is 4.88. The Morgan fingerprint density at radius 2 is 2.17 bits per heavy atom.